The molecule has 0 aliphatic heterocycles. The molecule has 0 amide bonds. The Morgan fingerprint density at radius 2 is 2.19 bits per heavy atom. The molecule has 1 fully saturated rings. The van der Waals surface area contributed by atoms with Gasteiger partial charge in [0.25, 0.3) is 0 Å². The molecule has 3 heteroatoms. The summed E-state index contributed by atoms with van der Waals surface area (Å²) in [5.74, 6) is -1.21. The molecule has 0 saturated heterocycles. The van der Waals surface area contributed by atoms with E-state index in [4.69, 9.17) is 5.11 Å². The van der Waals surface area contributed by atoms with Crippen molar-refractivity contribution in [2.75, 3.05) is 0 Å². The summed E-state index contributed by atoms with van der Waals surface area (Å²) < 4.78 is 13.1. The number of carboxylic acids is 1. The van der Waals surface area contributed by atoms with Crippen molar-refractivity contribution in [2.24, 2.45) is 5.92 Å². The summed E-state index contributed by atoms with van der Waals surface area (Å²) in [7, 11) is 0. The summed E-state index contributed by atoms with van der Waals surface area (Å²) in [5.41, 5.74) is 1.55. The van der Waals surface area contributed by atoms with Gasteiger partial charge in [0.05, 0.1) is 5.92 Å². The van der Waals surface area contributed by atoms with Crippen LogP contribution < -0.4 is 0 Å². The zero-order chi connectivity index (χ0) is 11.7. The lowest BCUT2D eigenvalue weighted by molar-refractivity contribution is -0.142. The highest BCUT2D eigenvalue weighted by atomic mass is 19.1. The van der Waals surface area contributed by atoms with Crippen molar-refractivity contribution in [3.8, 4) is 0 Å². The average Bonchev–Trinajstić information content (AvgIpc) is 2.71. The number of carboxylic acid groups (broad SMARTS) is 1. The van der Waals surface area contributed by atoms with Crippen molar-refractivity contribution in [1.82, 2.24) is 0 Å². The van der Waals surface area contributed by atoms with Crippen molar-refractivity contribution in [3.05, 3.63) is 35.1 Å². The normalized spacial score (nSPS) is 24.6. The van der Waals surface area contributed by atoms with E-state index in [1.807, 2.05) is 0 Å². The Balaban J connectivity index is 2.29. The largest absolute Gasteiger partial charge is 0.481 e. The lowest BCUT2D eigenvalue weighted by Gasteiger charge is -2.16. The van der Waals surface area contributed by atoms with Crippen LogP contribution in [0, 0.1) is 18.7 Å². The first kappa shape index (κ1) is 11.1. The van der Waals surface area contributed by atoms with Gasteiger partial charge in [-0.2, -0.15) is 0 Å². The number of benzene rings is 1. The number of aryl methyl sites for hydroxylation is 1. The molecule has 1 aliphatic rings. The Hall–Kier alpha value is -1.38. The zero-order valence-electron chi connectivity index (χ0n) is 9.24. The van der Waals surface area contributed by atoms with E-state index in [2.05, 4.69) is 0 Å². The van der Waals surface area contributed by atoms with Crippen LogP contribution in [0.5, 0.6) is 0 Å². The maximum absolute atomic E-state index is 13.1. The highest BCUT2D eigenvalue weighted by Gasteiger charge is 2.33. The Kier molecular flexibility index (Phi) is 2.95. The van der Waals surface area contributed by atoms with Crippen LogP contribution in [0.3, 0.4) is 0 Å². The number of hydrogen-bond donors (Lipinski definition) is 1. The predicted molar refractivity (Wildman–Crippen MR) is 58.9 cm³/mol. The second-order valence-corrected chi connectivity index (χ2v) is 4.49. The van der Waals surface area contributed by atoms with E-state index < -0.39 is 5.97 Å². The van der Waals surface area contributed by atoms with E-state index in [1.165, 1.54) is 6.07 Å². The van der Waals surface area contributed by atoms with Gasteiger partial charge in [-0.05, 0) is 42.9 Å². The number of carbonyl (C=O) groups is 1. The lowest BCUT2D eigenvalue weighted by atomic mass is 9.88. The standard InChI is InChI=1S/C13H15FO2/c1-8-7-9(5-6-12(8)14)10-3-2-4-11(10)13(15)16/h5-7,10-11H,2-4H2,1H3,(H,15,16). The minimum atomic E-state index is -0.732. The molecule has 16 heavy (non-hydrogen) atoms. The molecule has 86 valence electrons. The van der Waals surface area contributed by atoms with Crippen LogP contribution in [0.15, 0.2) is 18.2 Å². The molecule has 1 N–H and O–H groups in total. The van der Waals surface area contributed by atoms with E-state index in [-0.39, 0.29) is 17.7 Å². The molecule has 1 aromatic rings. The van der Waals surface area contributed by atoms with E-state index in [9.17, 15) is 9.18 Å². The summed E-state index contributed by atoms with van der Waals surface area (Å²) in [6.45, 7) is 1.71. The van der Waals surface area contributed by atoms with Crippen molar-refractivity contribution >= 4 is 5.97 Å². The molecule has 1 aliphatic carbocycles. The fourth-order valence-corrected chi connectivity index (χ4v) is 2.55. The maximum Gasteiger partial charge on any atom is 0.307 e. The molecule has 0 aromatic heterocycles. The Morgan fingerprint density at radius 3 is 2.81 bits per heavy atom. The van der Waals surface area contributed by atoms with E-state index in [1.54, 1.807) is 19.1 Å². The third-order valence-corrected chi connectivity index (χ3v) is 3.44. The number of hydrogen-bond acceptors (Lipinski definition) is 1. The third-order valence-electron chi connectivity index (χ3n) is 3.44. The predicted octanol–water partition coefficient (Wildman–Crippen LogP) is 3.10. The Bertz CT molecular complexity index is 414. The van der Waals surface area contributed by atoms with E-state index in [0.29, 0.717) is 5.56 Å². The van der Waals surface area contributed by atoms with Crippen molar-refractivity contribution < 1.29 is 14.3 Å². The molecule has 0 heterocycles. The minimum absolute atomic E-state index is 0.0526. The highest BCUT2D eigenvalue weighted by Crippen LogP contribution is 2.40. The number of aliphatic carboxylic acids is 1. The summed E-state index contributed by atoms with van der Waals surface area (Å²) in [5, 5.41) is 9.09. The first-order valence-corrected chi connectivity index (χ1v) is 5.58. The summed E-state index contributed by atoms with van der Waals surface area (Å²) in [4.78, 5) is 11.1. The van der Waals surface area contributed by atoms with Crippen molar-refractivity contribution in [3.63, 3.8) is 0 Å². The summed E-state index contributed by atoms with van der Waals surface area (Å²) >= 11 is 0. The van der Waals surface area contributed by atoms with Gasteiger partial charge in [0.15, 0.2) is 0 Å². The molecular formula is C13H15FO2. The van der Waals surface area contributed by atoms with Crippen LogP contribution in [-0.2, 0) is 4.79 Å². The van der Waals surface area contributed by atoms with Crippen molar-refractivity contribution in [1.29, 1.82) is 0 Å². The van der Waals surface area contributed by atoms with Crippen LogP contribution in [0.1, 0.15) is 36.3 Å². The van der Waals surface area contributed by atoms with Crippen LogP contribution in [-0.4, -0.2) is 11.1 Å². The molecule has 0 bridgehead atoms. The van der Waals surface area contributed by atoms with Gasteiger partial charge >= 0.3 is 5.97 Å². The smallest absolute Gasteiger partial charge is 0.307 e. The molecule has 2 unspecified atom stereocenters. The minimum Gasteiger partial charge on any atom is -0.481 e. The maximum atomic E-state index is 13.1. The topological polar surface area (TPSA) is 37.3 Å². The molecule has 1 saturated carbocycles. The van der Waals surface area contributed by atoms with Gasteiger partial charge in [0, 0.05) is 0 Å². The van der Waals surface area contributed by atoms with Crippen LogP contribution in [0.4, 0.5) is 4.39 Å². The molecule has 2 nitrogen and oxygen atoms in total. The zero-order valence-corrected chi connectivity index (χ0v) is 9.24. The molecular weight excluding hydrogens is 207 g/mol. The Morgan fingerprint density at radius 1 is 1.44 bits per heavy atom. The second-order valence-electron chi connectivity index (χ2n) is 4.49. The van der Waals surface area contributed by atoms with Gasteiger partial charge in [-0.15, -0.1) is 0 Å². The van der Waals surface area contributed by atoms with Gasteiger partial charge in [0.1, 0.15) is 5.82 Å². The summed E-state index contributed by atoms with van der Waals surface area (Å²) in [6.07, 6.45) is 2.57. The lowest BCUT2D eigenvalue weighted by Crippen LogP contribution is -2.16. The SMILES string of the molecule is Cc1cc(C2CCCC2C(=O)O)ccc1F. The average molecular weight is 222 g/mol. The number of rotatable bonds is 2. The van der Waals surface area contributed by atoms with Gasteiger partial charge in [-0.3, -0.25) is 4.79 Å². The van der Waals surface area contributed by atoms with Gasteiger partial charge in [-0.25, -0.2) is 4.39 Å². The van der Waals surface area contributed by atoms with Crippen LogP contribution in [0.2, 0.25) is 0 Å². The monoisotopic (exact) mass is 222 g/mol. The second kappa shape index (κ2) is 4.24. The molecule has 0 spiro atoms. The molecule has 2 rings (SSSR count). The highest BCUT2D eigenvalue weighted by molar-refractivity contribution is 5.71. The number of halogens is 1. The van der Waals surface area contributed by atoms with Gasteiger partial charge in [-0.1, -0.05) is 18.6 Å². The third kappa shape index (κ3) is 1.94. The van der Waals surface area contributed by atoms with E-state index in [0.717, 1.165) is 24.8 Å². The molecule has 1 aromatic carbocycles. The Labute approximate surface area is 94.1 Å². The van der Waals surface area contributed by atoms with Gasteiger partial charge in [0.2, 0.25) is 0 Å². The fraction of sp³-hybridized carbons (Fsp3) is 0.462. The first-order chi connectivity index (χ1) is 7.59. The first-order valence-electron chi connectivity index (χ1n) is 5.58. The molecule has 2 atom stereocenters. The van der Waals surface area contributed by atoms with Crippen LogP contribution >= 0.6 is 0 Å². The summed E-state index contributed by atoms with van der Waals surface area (Å²) in [6, 6.07) is 4.93. The van der Waals surface area contributed by atoms with Gasteiger partial charge < -0.3 is 5.11 Å². The van der Waals surface area contributed by atoms with E-state index >= 15 is 0 Å². The van der Waals surface area contributed by atoms with Crippen LogP contribution in [0.25, 0.3) is 0 Å². The van der Waals surface area contributed by atoms with Crippen molar-refractivity contribution in [2.45, 2.75) is 32.1 Å². The molecule has 0 radical (unpaired) electrons. The fourth-order valence-electron chi connectivity index (χ4n) is 2.55. The quantitative estimate of drug-likeness (QED) is 0.834.